The van der Waals surface area contributed by atoms with Gasteiger partial charge in [-0.25, -0.2) is 4.79 Å². The lowest BCUT2D eigenvalue weighted by molar-refractivity contribution is -0.869. The fourth-order valence-electron chi connectivity index (χ4n) is 8.80. The maximum atomic E-state index is 13.2. The van der Waals surface area contributed by atoms with Crippen molar-refractivity contribution in [3.05, 3.63) is 11.6 Å². The lowest BCUT2D eigenvalue weighted by atomic mass is 9.46. The van der Waals surface area contributed by atoms with Crippen LogP contribution in [0.5, 0.6) is 0 Å². The number of hydrogen-bond acceptors (Lipinski definition) is 5. The van der Waals surface area contributed by atoms with Crippen LogP contribution in [0.4, 0.5) is 4.79 Å². The molecule has 0 spiro atoms. The van der Waals surface area contributed by atoms with Gasteiger partial charge in [-0.2, -0.15) is 0 Å². The van der Waals surface area contributed by atoms with E-state index in [-0.39, 0.29) is 16.9 Å². The van der Waals surface area contributed by atoms with Crippen LogP contribution >= 0.6 is 0 Å². The van der Waals surface area contributed by atoms with Crippen molar-refractivity contribution in [1.29, 1.82) is 0 Å². The van der Waals surface area contributed by atoms with Crippen molar-refractivity contribution >= 4 is 17.6 Å². The summed E-state index contributed by atoms with van der Waals surface area (Å²) in [5.41, 5.74) is 2.82. The first kappa shape index (κ1) is 31.2. The zero-order valence-corrected chi connectivity index (χ0v) is 26.7. The van der Waals surface area contributed by atoms with E-state index >= 15 is 0 Å². The minimum atomic E-state index is -0.339. The molecular weight excluding hydrogens is 500 g/mol. The first-order valence-electron chi connectivity index (χ1n) is 16.0. The number of quaternary nitrogens is 1. The maximum Gasteiger partial charge on any atom is 0.436 e. The largest absolute Gasteiger partial charge is 0.436 e. The fourth-order valence-corrected chi connectivity index (χ4v) is 8.80. The molecule has 0 heterocycles. The molecule has 1 amide bonds. The van der Waals surface area contributed by atoms with Crippen LogP contribution in [0.25, 0.3) is 0 Å². The fraction of sp³-hybridized carbons (Fsp3) is 0.848. The third-order valence-electron chi connectivity index (χ3n) is 11.1. The number of oxime groups is 1. The summed E-state index contributed by atoms with van der Waals surface area (Å²) in [4.78, 5) is 32.8. The number of amides is 1. The Morgan fingerprint density at radius 1 is 1.10 bits per heavy atom. The monoisotopic (exact) mass is 557 g/mol. The van der Waals surface area contributed by atoms with Gasteiger partial charge in [-0.05, 0) is 99.0 Å². The maximum absolute atomic E-state index is 13.2. The second-order valence-electron chi connectivity index (χ2n) is 15.3. The Bertz CT molecular complexity index is 998. The number of hydrogen-bond donors (Lipinski definition) is 1. The van der Waals surface area contributed by atoms with E-state index in [0.29, 0.717) is 49.0 Å². The van der Waals surface area contributed by atoms with Gasteiger partial charge in [0.05, 0.1) is 39.9 Å². The topological polar surface area (TPSA) is 71.0 Å². The van der Waals surface area contributed by atoms with Crippen LogP contribution in [0.3, 0.4) is 0 Å². The Hall–Kier alpha value is -1.73. The summed E-state index contributed by atoms with van der Waals surface area (Å²) >= 11 is 0. The molecule has 0 radical (unpaired) electrons. The summed E-state index contributed by atoms with van der Waals surface area (Å²) in [6.07, 6.45) is 10.5. The Kier molecular flexibility index (Phi) is 9.56. The van der Waals surface area contributed by atoms with Crippen LogP contribution in [0.1, 0.15) is 86.0 Å². The van der Waals surface area contributed by atoms with Crippen molar-refractivity contribution in [2.75, 3.05) is 53.9 Å². The summed E-state index contributed by atoms with van der Waals surface area (Å²) in [6, 6.07) is 0. The Balaban J connectivity index is 1.41. The van der Waals surface area contributed by atoms with Gasteiger partial charge in [-0.1, -0.05) is 38.4 Å². The Morgan fingerprint density at radius 2 is 1.85 bits per heavy atom. The van der Waals surface area contributed by atoms with Gasteiger partial charge in [-0.3, -0.25) is 14.5 Å². The number of carbonyl (C=O) groups excluding carboxylic acids is 2. The molecule has 3 saturated carbocycles. The third-order valence-corrected chi connectivity index (χ3v) is 11.1. The van der Waals surface area contributed by atoms with Gasteiger partial charge in [0.1, 0.15) is 0 Å². The highest BCUT2D eigenvalue weighted by atomic mass is 16.7. The minimum Gasteiger partial charge on any atom is -0.329 e. The van der Waals surface area contributed by atoms with Gasteiger partial charge < -0.3 is 9.80 Å². The van der Waals surface area contributed by atoms with Gasteiger partial charge in [0.25, 0.3) is 0 Å². The molecule has 4 aliphatic carbocycles. The summed E-state index contributed by atoms with van der Waals surface area (Å²) in [7, 11) is 6.44. The summed E-state index contributed by atoms with van der Waals surface area (Å²) in [6.45, 7) is 15.2. The zero-order chi connectivity index (χ0) is 29.3. The Morgan fingerprint density at radius 3 is 2.55 bits per heavy atom. The molecular formula is C33H57N4O3+. The quantitative estimate of drug-likeness (QED) is 0.119. The average molecular weight is 558 g/mol. The number of allylic oxidation sites excluding steroid dienone is 1. The minimum absolute atomic E-state index is 0.202. The summed E-state index contributed by atoms with van der Waals surface area (Å²) < 4.78 is 0.794. The van der Waals surface area contributed by atoms with Crippen LogP contribution in [0, 0.1) is 40.4 Å². The normalized spacial score (nSPS) is 34.2. The molecule has 40 heavy (non-hydrogen) atoms. The molecule has 0 saturated heterocycles. The third kappa shape index (κ3) is 6.67. The van der Waals surface area contributed by atoms with E-state index in [4.69, 9.17) is 4.84 Å². The lowest BCUT2D eigenvalue weighted by Crippen LogP contribution is -2.51. The molecule has 0 aromatic heterocycles. The number of ketones is 1. The molecule has 3 fully saturated rings. The molecule has 0 aliphatic heterocycles. The molecule has 7 heteroatoms. The van der Waals surface area contributed by atoms with Crippen LogP contribution in [0.15, 0.2) is 16.8 Å². The highest BCUT2D eigenvalue weighted by molar-refractivity contribution is 5.91. The average Bonchev–Trinajstić information content (AvgIpc) is 3.23. The molecule has 4 aliphatic rings. The number of rotatable bonds is 10. The molecule has 226 valence electrons. The van der Waals surface area contributed by atoms with Crippen molar-refractivity contribution in [3.8, 4) is 0 Å². The van der Waals surface area contributed by atoms with E-state index in [1.807, 2.05) is 6.08 Å². The van der Waals surface area contributed by atoms with Crippen molar-refractivity contribution in [2.24, 2.45) is 45.6 Å². The van der Waals surface area contributed by atoms with Crippen LogP contribution in [-0.4, -0.2) is 80.8 Å². The molecule has 0 bridgehead atoms. The van der Waals surface area contributed by atoms with Crippen molar-refractivity contribution in [3.63, 3.8) is 0 Å². The van der Waals surface area contributed by atoms with E-state index in [2.05, 4.69) is 66.2 Å². The zero-order valence-electron chi connectivity index (χ0n) is 26.7. The number of carbonyl (C=O) groups is 2. The first-order chi connectivity index (χ1) is 18.7. The highest BCUT2D eigenvalue weighted by Gasteiger charge is 2.59. The molecule has 0 unspecified atom stereocenters. The van der Waals surface area contributed by atoms with Crippen molar-refractivity contribution in [1.82, 2.24) is 10.2 Å². The molecule has 4 rings (SSSR count). The second kappa shape index (κ2) is 12.2. The predicted octanol–water partition coefficient (Wildman–Crippen LogP) is 5.90. The molecule has 7 nitrogen and oxygen atoms in total. The van der Waals surface area contributed by atoms with Crippen molar-refractivity contribution < 1.29 is 18.9 Å². The highest BCUT2D eigenvalue weighted by Crippen LogP contribution is 2.66. The first-order valence-corrected chi connectivity index (χ1v) is 16.0. The number of likely N-dealkylation sites (N-methyl/N-ethyl adjacent to an activating group) is 1. The molecule has 0 aromatic carbocycles. The van der Waals surface area contributed by atoms with Crippen LogP contribution in [0.2, 0.25) is 0 Å². The number of nitrogens with zero attached hydrogens (tertiary/aromatic N) is 3. The van der Waals surface area contributed by atoms with Gasteiger partial charge in [0.2, 0.25) is 0 Å². The molecule has 1 N–H and O–H groups in total. The van der Waals surface area contributed by atoms with E-state index in [1.165, 1.54) is 31.3 Å². The van der Waals surface area contributed by atoms with E-state index < -0.39 is 0 Å². The van der Waals surface area contributed by atoms with Crippen LogP contribution < -0.4 is 5.32 Å². The van der Waals surface area contributed by atoms with E-state index in [1.54, 1.807) is 4.90 Å². The standard InChI is InChI=1S/C33H57N4O3/c1-23(2)22-34-17-18-36(19-20-37(6,7)8)31(39)40-35-24(3)28-11-12-29-27-10-9-25-21-26(38)13-15-32(25,4)30(27)14-16-33(28,29)5/h21,23,27-30,34H,9-20,22H2,1-8H3/q+1/b35-24+/t27-,28+,29-,30-,32-,33+/m0/s1. The van der Waals surface area contributed by atoms with E-state index in [9.17, 15) is 9.59 Å². The lowest BCUT2D eigenvalue weighted by Gasteiger charge is -2.58. The Labute approximate surface area is 243 Å². The number of nitrogens with one attached hydrogen (secondary N) is 1. The van der Waals surface area contributed by atoms with Crippen molar-refractivity contribution in [2.45, 2.75) is 86.0 Å². The summed E-state index contributed by atoms with van der Waals surface area (Å²) in [5.74, 6) is 3.35. The predicted molar refractivity (Wildman–Crippen MR) is 162 cm³/mol. The van der Waals surface area contributed by atoms with Gasteiger partial charge in [-0.15, -0.1) is 0 Å². The second-order valence-corrected chi connectivity index (χ2v) is 15.3. The molecule has 6 atom stereocenters. The van der Waals surface area contributed by atoms with Gasteiger partial charge in [0, 0.05) is 25.4 Å². The SMILES string of the molecule is C/C(=N\OC(=O)N(CCNCC(C)C)CC[N+](C)(C)C)[C@H]1CC[C@H]2[C@@H]3CCC4=CC(=O)CC[C@]4(C)[C@H]3CC[C@]12C. The van der Waals surface area contributed by atoms with Gasteiger partial charge >= 0.3 is 6.09 Å². The van der Waals surface area contributed by atoms with Gasteiger partial charge in [0.15, 0.2) is 5.78 Å². The smallest absolute Gasteiger partial charge is 0.329 e. The van der Waals surface area contributed by atoms with E-state index in [0.717, 1.165) is 55.0 Å². The molecule has 0 aromatic rings. The summed E-state index contributed by atoms with van der Waals surface area (Å²) in [5, 5.41) is 7.96. The number of fused-ring (bicyclic) bond motifs is 5. The van der Waals surface area contributed by atoms with Crippen LogP contribution in [-0.2, 0) is 9.63 Å².